The molecule has 0 aliphatic carbocycles. The second-order valence-electron chi connectivity index (χ2n) is 7.14. The summed E-state index contributed by atoms with van der Waals surface area (Å²) in [4.78, 5) is 12.5. The molecule has 32 heavy (non-hydrogen) atoms. The molecular formula is C26H23N5O. The van der Waals surface area contributed by atoms with E-state index in [0.29, 0.717) is 23.5 Å². The lowest BCUT2D eigenvalue weighted by Crippen LogP contribution is -2.13. The predicted octanol–water partition coefficient (Wildman–Crippen LogP) is 6.55. The van der Waals surface area contributed by atoms with Crippen LogP contribution in [0.2, 0.25) is 0 Å². The van der Waals surface area contributed by atoms with Gasteiger partial charge in [-0.3, -0.25) is 4.79 Å². The monoisotopic (exact) mass is 421 g/mol. The summed E-state index contributed by atoms with van der Waals surface area (Å²) in [6, 6.07) is 32.0. The van der Waals surface area contributed by atoms with Gasteiger partial charge in [0.2, 0.25) is 0 Å². The van der Waals surface area contributed by atoms with Crippen molar-refractivity contribution in [3.8, 4) is 0 Å². The van der Waals surface area contributed by atoms with Gasteiger partial charge in [0, 0.05) is 12.1 Å². The van der Waals surface area contributed by atoms with Crippen molar-refractivity contribution in [3.63, 3.8) is 0 Å². The SMILES string of the molecule is Nc1ccccc1NC(=O)c1ccc(CNc2ccccc2N=Nc2ccccc2)cc1. The van der Waals surface area contributed by atoms with Crippen molar-refractivity contribution in [2.75, 3.05) is 16.4 Å². The van der Waals surface area contributed by atoms with Crippen molar-refractivity contribution in [1.29, 1.82) is 0 Å². The first-order chi connectivity index (χ1) is 15.7. The van der Waals surface area contributed by atoms with E-state index < -0.39 is 0 Å². The first-order valence-electron chi connectivity index (χ1n) is 10.2. The van der Waals surface area contributed by atoms with E-state index in [1.54, 1.807) is 24.3 Å². The summed E-state index contributed by atoms with van der Waals surface area (Å²) < 4.78 is 0. The zero-order chi connectivity index (χ0) is 22.2. The molecule has 0 unspecified atom stereocenters. The zero-order valence-electron chi connectivity index (χ0n) is 17.4. The van der Waals surface area contributed by atoms with Crippen LogP contribution in [0.3, 0.4) is 0 Å². The Morgan fingerprint density at radius 2 is 1.38 bits per heavy atom. The van der Waals surface area contributed by atoms with Gasteiger partial charge in [0.1, 0.15) is 5.69 Å². The van der Waals surface area contributed by atoms with E-state index in [4.69, 9.17) is 5.73 Å². The molecule has 4 N–H and O–H groups in total. The Kier molecular flexibility index (Phi) is 6.53. The molecule has 4 aromatic carbocycles. The van der Waals surface area contributed by atoms with Crippen LogP contribution in [0, 0.1) is 0 Å². The fourth-order valence-corrected chi connectivity index (χ4v) is 3.09. The number of carbonyl (C=O) groups is 1. The topological polar surface area (TPSA) is 91.9 Å². The summed E-state index contributed by atoms with van der Waals surface area (Å²) in [6.07, 6.45) is 0. The molecule has 0 aromatic heterocycles. The summed E-state index contributed by atoms with van der Waals surface area (Å²) in [7, 11) is 0. The largest absolute Gasteiger partial charge is 0.397 e. The zero-order valence-corrected chi connectivity index (χ0v) is 17.4. The Hall–Kier alpha value is -4.45. The van der Waals surface area contributed by atoms with Crippen LogP contribution in [0.5, 0.6) is 0 Å². The molecular weight excluding hydrogens is 398 g/mol. The minimum Gasteiger partial charge on any atom is -0.397 e. The summed E-state index contributed by atoms with van der Waals surface area (Å²) in [5.74, 6) is -0.200. The van der Waals surface area contributed by atoms with Gasteiger partial charge in [-0.05, 0) is 54.1 Å². The van der Waals surface area contributed by atoms with Gasteiger partial charge in [-0.1, -0.05) is 54.6 Å². The summed E-state index contributed by atoms with van der Waals surface area (Å²) in [5, 5.41) is 14.9. The molecule has 158 valence electrons. The lowest BCUT2D eigenvalue weighted by Gasteiger charge is -2.10. The van der Waals surface area contributed by atoms with Crippen LogP contribution in [0.25, 0.3) is 0 Å². The number of hydrogen-bond acceptors (Lipinski definition) is 5. The molecule has 0 saturated heterocycles. The minimum absolute atomic E-state index is 0.200. The van der Waals surface area contributed by atoms with Gasteiger partial charge in [0.15, 0.2) is 0 Å². The number of nitrogens with zero attached hydrogens (tertiary/aromatic N) is 2. The smallest absolute Gasteiger partial charge is 0.255 e. The molecule has 0 radical (unpaired) electrons. The molecule has 0 heterocycles. The average Bonchev–Trinajstić information content (AvgIpc) is 2.84. The fraction of sp³-hybridized carbons (Fsp3) is 0.0385. The molecule has 6 nitrogen and oxygen atoms in total. The molecule has 1 amide bonds. The van der Waals surface area contributed by atoms with Gasteiger partial charge in [-0.25, -0.2) is 0 Å². The highest BCUT2D eigenvalue weighted by molar-refractivity contribution is 6.05. The van der Waals surface area contributed by atoms with Crippen molar-refractivity contribution in [2.45, 2.75) is 6.54 Å². The Balaban J connectivity index is 1.39. The number of hydrogen-bond donors (Lipinski definition) is 3. The van der Waals surface area contributed by atoms with Crippen LogP contribution < -0.4 is 16.4 Å². The van der Waals surface area contributed by atoms with Crippen LogP contribution in [-0.4, -0.2) is 5.91 Å². The van der Waals surface area contributed by atoms with Crippen molar-refractivity contribution in [3.05, 3.63) is 114 Å². The third kappa shape index (κ3) is 5.37. The maximum Gasteiger partial charge on any atom is 0.255 e. The van der Waals surface area contributed by atoms with Crippen LogP contribution >= 0.6 is 0 Å². The second kappa shape index (κ2) is 10.0. The lowest BCUT2D eigenvalue weighted by atomic mass is 10.1. The van der Waals surface area contributed by atoms with Crippen molar-refractivity contribution < 1.29 is 4.79 Å². The molecule has 0 aliphatic rings. The van der Waals surface area contributed by atoms with Crippen molar-refractivity contribution in [2.24, 2.45) is 10.2 Å². The van der Waals surface area contributed by atoms with Crippen molar-refractivity contribution >= 4 is 34.3 Å². The average molecular weight is 422 g/mol. The first-order valence-corrected chi connectivity index (χ1v) is 10.2. The molecule has 0 bridgehead atoms. The number of para-hydroxylation sites is 3. The molecule has 4 aromatic rings. The maximum atomic E-state index is 12.5. The second-order valence-corrected chi connectivity index (χ2v) is 7.14. The quantitative estimate of drug-likeness (QED) is 0.233. The number of nitrogen functional groups attached to an aromatic ring is 1. The van der Waals surface area contributed by atoms with E-state index in [1.807, 2.05) is 78.9 Å². The van der Waals surface area contributed by atoms with Gasteiger partial charge in [-0.2, -0.15) is 5.11 Å². The molecule has 0 saturated carbocycles. The Morgan fingerprint density at radius 3 is 2.12 bits per heavy atom. The number of carbonyl (C=O) groups excluding carboxylic acids is 1. The van der Waals surface area contributed by atoms with E-state index in [2.05, 4.69) is 20.9 Å². The van der Waals surface area contributed by atoms with Gasteiger partial charge >= 0.3 is 0 Å². The standard InChI is InChI=1S/C26H23N5O/c27-22-10-4-5-11-23(22)29-26(32)20-16-14-19(15-17-20)18-28-24-12-6-7-13-25(24)31-30-21-8-2-1-3-9-21/h1-17,28H,18,27H2,(H,29,32). The summed E-state index contributed by atoms with van der Waals surface area (Å²) in [6.45, 7) is 0.589. The van der Waals surface area contributed by atoms with Gasteiger partial charge in [0.25, 0.3) is 5.91 Å². The number of amides is 1. The molecule has 6 heteroatoms. The van der Waals surface area contributed by atoms with Gasteiger partial charge < -0.3 is 16.4 Å². The van der Waals surface area contributed by atoms with E-state index in [0.717, 1.165) is 22.6 Å². The number of anilines is 3. The molecule has 0 atom stereocenters. The third-order valence-corrected chi connectivity index (χ3v) is 4.84. The fourth-order valence-electron chi connectivity index (χ4n) is 3.09. The van der Waals surface area contributed by atoms with E-state index >= 15 is 0 Å². The van der Waals surface area contributed by atoms with Crippen LogP contribution in [0.15, 0.2) is 113 Å². The Bertz CT molecular complexity index is 1220. The highest BCUT2D eigenvalue weighted by atomic mass is 16.1. The normalized spacial score (nSPS) is 10.8. The van der Waals surface area contributed by atoms with E-state index in [-0.39, 0.29) is 5.91 Å². The maximum absolute atomic E-state index is 12.5. The molecule has 0 aliphatic heterocycles. The minimum atomic E-state index is -0.200. The number of nitrogens with two attached hydrogens (primary N) is 1. The van der Waals surface area contributed by atoms with Crippen LogP contribution in [0.1, 0.15) is 15.9 Å². The van der Waals surface area contributed by atoms with Crippen LogP contribution in [0.4, 0.5) is 28.4 Å². The Labute approximate surface area is 186 Å². The molecule has 4 rings (SSSR count). The number of azo groups is 1. The predicted molar refractivity (Wildman–Crippen MR) is 130 cm³/mol. The number of nitrogens with one attached hydrogen (secondary N) is 2. The number of benzene rings is 4. The van der Waals surface area contributed by atoms with Gasteiger partial charge in [-0.15, -0.1) is 5.11 Å². The lowest BCUT2D eigenvalue weighted by molar-refractivity contribution is 0.102. The van der Waals surface area contributed by atoms with Crippen molar-refractivity contribution in [1.82, 2.24) is 0 Å². The van der Waals surface area contributed by atoms with Gasteiger partial charge in [0.05, 0.1) is 22.7 Å². The highest BCUT2D eigenvalue weighted by Crippen LogP contribution is 2.27. The van der Waals surface area contributed by atoms with E-state index in [1.165, 1.54) is 0 Å². The molecule has 0 fully saturated rings. The third-order valence-electron chi connectivity index (χ3n) is 4.84. The van der Waals surface area contributed by atoms with Crippen LogP contribution in [-0.2, 0) is 6.54 Å². The highest BCUT2D eigenvalue weighted by Gasteiger charge is 2.08. The summed E-state index contributed by atoms with van der Waals surface area (Å²) >= 11 is 0. The summed E-state index contributed by atoms with van der Waals surface area (Å²) in [5.41, 5.74) is 11.1. The van der Waals surface area contributed by atoms with E-state index in [9.17, 15) is 4.79 Å². The first kappa shape index (κ1) is 20.8. The Morgan fingerprint density at radius 1 is 0.719 bits per heavy atom. The molecule has 0 spiro atoms. The number of rotatable bonds is 7.